The molecular formula is C20H21Cl2F3N6O4. The van der Waals surface area contributed by atoms with Crippen LogP contribution in [0.5, 0.6) is 5.75 Å². The molecule has 0 bridgehead atoms. The highest BCUT2D eigenvalue weighted by Crippen LogP contribution is 2.36. The lowest BCUT2D eigenvalue weighted by Gasteiger charge is -2.14. The smallest absolute Gasteiger partial charge is 0.490 e. The first-order valence-corrected chi connectivity index (χ1v) is 10.6. The minimum atomic E-state index is -5.08. The summed E-state index contributed by atoms with van der Waals surface area (Å²) in [7, 11) is 1.77. The summed E-state index contributed by atoms with van der Waals surface area (Å²) in [5, 5.41) is 19.0. The van der Waals surface area contributed by atoms with Crippen molar-refractivity contribution in [2.75, 3.05) is 18.5 Å². The number of carbonyl (C=O) groups is 2. The van der Waals surface area contributed by atoms with Crippen molar-refractivity contribution in [3.8, 4) is 17.0 Å². The number of aromatic nitrogens is 4. The number of aryl methyl sites for hydroxylation is 2. The molecule has 35 heavy (non-hydrogen) atoms. The molecule has 0 spiro atoms. The van der Waals surface area contributed by atoms with Crippen LogP contribution in [0.15, 0.2) is 30.6 Å². The molecule has 3 aromatic rings. The normalized spacial score (nSPS) is 11.0. The molecule has 0 aliphatic carbocycles. The number of nitrogens with zero attached hydrogens (tertiary/aromatic N) is 4. The Morgan fingerprint density at radius 3 is 2.40 bits per heavy atom. The van der Waals surface area contributed by atoms with E-state index in [9.17, 15) is 18.0 Å². The van der Waals surface area contributed by atoms with Gasteiger partial charge in [0.05, 0.1) is 21.9 Å². The van der Waals surface area contributed by atoms with E-state index in [0.717, 1.165) is 0 Å². The number of carboxylic acid groups (broad SMARTS) is 1. The standard InChI is InChI=1S/C18H20Cl2N6O2.C2HF3O2/c1-3-26-10-14(20)16(24-26)18(27)23-11-4-5-15(28-7-6-21)12(8-11)17-13(19)9-22-25(17)2;3-2(4,5)1(6)7/h4-5,8-10H,3,6-7,21H2,1-2H3,(H,23,27);(H,6,7). The lowest BCUT2D eigenvalue weighted by atomic mass is 10.1. The Kier molecular flexibility index (Phi) is 9.51. The Labute approximate surface area is 207 Å². The van der Waals surface area contributed by atoms with Crippen LogP contribution in [0.2, 0.25) is 10.0 Å². The van der Waals surface area contributed by atoms with Crippen LogP contribution in [0.4, 0.5) is 18.9 Å². The summed E-state index contributed by atoms with van der Waals surface area (Å²) in [4.78, 5) is 21.5. The van der Waals surface area contributed by atoms with Crippen LogP contribution < -0.4 is 15.8 Å². The first-order chi connectivity index (χ1) is 16.4. The second-order valence-corrected chi connectivity index (χ2v) is 7.57. The number of hydrogen-bond donors (Lipinski definition) is 3. The van der Waals surface area contributed by atoms with Crippen LogP contribution in [-0.2, 0) is 18.4 Å². The summed E-state index contributed by atoms with van der Waals surface area (Å²) < 4.78 is 40.7. The molecule has 0 aliphatic heterocycles. The van der Waals surface area contributed by atoms with E-state index in [1.54, 1.807) is 47.0 Å². The van der Waals surface area contributed by atoms with Crippen LogP contribution in [0.3, 0.4) is 0 Å². The maximum absolute atomic E-state index is 12.6. The summed E-state index contributed by atoms with van der Waals surface area (Å²) in [6.45, 7) is 3.24. The van der Waals surface area contributed by atoms with E-state index in [1.165, 1.54) is 0 Å². The molecule has 0 fully saturated rings. The van der Waals surface area contributed by atoms with Gasteiger partial charge >= 0.3 is 12.1 Å². The predicted molar refractivity (Wildman–Crippen MR) is 123 cm³/mol. The van der Waals surface area contributed by atoms with Crippen molar-refractivity contribution < 1.29 is 32.6 Å². The van der Waals surface area contributed by atoms with Gasteiger partial charge in [0.15, 0.2) is 5.69 Å². The van der Waals surface area contributed by atoms with Crippen LogP contribution in [0.25, 0.3) is 11.3 Å². The molecule has 10 nitrogen and oxygen atoms in total. The summed E-state index contributed by atoms with van der Waals surface area (Å²) in [6, 6.07) is 5.23. The van der Waals surface area contributed by atoms with Crippen molar-refractivity contribution in [1.29, 1.82) is 0 Å². The predicted octanol–water partition coefficient (Wildman–Crippen LogP) is 3.83. The molecular weight excluding hydrogens is 516 g/mol. The van der Waals surface area contributed by atoms with E-state index >= 15 is 0 Å². The fraction of sp³-hybridized carbons (Fsp3) is 0.300. The average Bonchev–Trinajstić information content (AvgIpc) is 3.33. The number of nitrogens with two attached hydrogens (primary N) is 1. The first-order valence-electron chi connectivity index (χ1n) is 9.88. The highest BCUT2D eigenvalue weighted by molar-refractivity contribution is 6.34. The van der Waals surface area contributed by atoms with Gasteiger partial charge in [0, 0.05) is 37.6 Å². The maximum atomic E-state index is 12.6. The van der Waals surface area contributed by atoms with Gasteiger partial charge in [0.25, 0.3) is 5.91 Å². The van der Waals surface area contributed by atoms with Gasteiger partial charge in [-0.3, -0.25) is 14.2 Å². The lowest BCUT2D eigenvalue weighted by molar-refractivity contribution is -0.192. The second-order valence-electron chi connectivity index (χ2n) is 6.75. The van der Waals surface area contributed by atoms with Gasteiger partial charge in [-0.25, -0.2) is 4.79 Å². The molecule has 0 atom stereocenters. The number of aliphatic carboxylic acids is 1. The molecule has 190 valence electrons. The Morgan fingerprint density at radius 1 is 1.26 bits per heavy atom. The van der Waals surface area contributed by atoms with Crippen molar-refractivity contribution in [3.05, 3.63) is 46.3 Å². The largest absolute Gasteiger partial charge is 0.492 e. The average molecular weight is 537 g/mol. The minimum Gasteiger partial charge on any atom is -0.492 e. The number of carbonyl (C=O) groups excluding carboxylic acids is 1. The van der Waals surface area contributed by atoms with Crippen LogP contribution in [-0.4, -0.2) is 55.9 Å². The molecule has 0 unspecified atom stereocenters. The van der Waals surface area contributed by atoms with Crippen molar-refractivity contribution in [2.24, 2.45) is 12.8 Å². The molecule has 4 N–H and O–H groups in total. The number of benzene rings is 1. The zero-order valence-electron chi connectivity index (χ0n) is 18.4. The van der Waals surface area contributed by atoms with Gasteiger partial charge in [0.2, 0.25) is 0 Å². The van der Waals surface area contributed by atoms with Crippen LogP contribution in [0, 0.1) is 0 Å². The van der Waals surface area contributed by atoms with Crippen molar-refractivity contribution in [1.82, 2.24) is 19.6 Å². The monoisotopic (exact) mass is 536 g/mol. The third kappa shape index (κ3) is 7.34. The molecule has 2 heterocycles. The fourth-order valence-corrected chi connectivity index (χ4v) is 3.21. The number of amides is 1. The third-order valence-electron chi connectivity index (χ3n) is 4.26. The molecule has 1 amide bonds. The Morgan fingerprint density at radius 2 is 1.91 bits per heavy atom. The van der Waals surface area contributed by atoms with Gasteiger partial charge in [-0.05, 0) is 25.1 Å². The number of hydrogen-bond acceptors (Lipinski definition) is 6. The summed E-state index contributed by atoms with van der Waals surface area (Å²) in [5.74, 6) is -2.58. The number of carboxylic acids is 1. The minimum absolute atomic E-state index is 0.159. The zero-order valence-corrected chi connectivity index (χ0v) is 19.9. The number of rotatable bonds is 7. The molecule has 0 saturated heterocycles. The molecule has 3 rings (SSSR count). The van der Waals surface area contributed by atoms with E-state index in [0.29, 0.717) is 47.4 Å². The number of ether oxygens (including phenoxy) is 1. The molecule has 0 saturated carbocycles. The summed E-state index contributed by atoms with van der Waals surface area (Å²) in [5.41, 5.74) is 7.59. The van der Waals surface area contributed by atoms with E-state index in [4.69, 9.17) is 43.6 Å². The van der Waals surface area contributed by atoms with Gasteiger partial charge in [0.1, 0.15) is 12.4 Å². The third-order valence-corrected chi connectivity index (χ3v) is 4.81. The topological polar surface area (TPSA) is 137 Å². The lowest BCUT2D eigenvalue weighted by Crippen LogP contribution is -2.21. The van der Waals surface area contributed by atoms with Gasteiger partial charge in [-0.15, -0.1) is 0 Å². The second kappa shape index (κ2) is 11.9. The van der Waals surface area contributed by atoms with E-state index in [1.807, 2.05) is 6.92 Å². The van der Waals surface area contributed by atoms with Gasteiger partial charge in [-0.2, -0.15) is 23.4 Å². The van der Waals surface area contributed by atoms with Gasteiger partial charge < -0.3 is 20.9 Å². The molecule has 2 aromatic heterocycles. The number of alkyl halides is 3. The van der Waals surface area contributed by atoms with Crippen molar-refractivity contribution >= 4 is 40.8 Å². The molecule has 15 heteroatoms. The summed E-state index contributed by atoms with van der Waals surface area (Å²) in [6.07, 6.45) is -1.92. The van der Waals surface area contributed by atoms with Gasteiger partial charge in [-0.1, -0.05) is 23.2 Å². The Balaban J connectivity index is 0.000000540. The van der Waals surface area contributed by atoms with Crippen LogP contribution in [0.1, 0.15) is 17.4 Å². The molecule has 1 aromatic carbocycles. The molecule has 0 radical (unpaired) electrons. The van der Waals surface area contributed by atoms with E-state index < -0.39 is 18.1 Å². The Hall–Kier alpha value is -3.29. The zero-order chi connectivity index (χ0) is 26.3. The Bertz CT molecular complexity index is 1180. The highest BCUT2D eigenvalue weighted by Gasteiger charge is 2.38. The summed E-state index contributed by atoms with van der Waals surface area (Å²) >= 11 is 12.4. The maximum Gasteiger partial charge on any atom is 0.490 e. The highest BCUT2D eigenvalue weighted by atomic mass is 35.5. The number of nitrogens with one attached hydrogen (secondary N) is 1. The number of anilines is 1. The van der Waals surface area contributed by atoms with Crippen molar-refractivity contribution in [3.63, 3.8) is 0 Å². The van der Waals surface area contributed by atoms with Crippen molar-refractivity contribution in [2.45, 2.75) is 19.6 Å². The van der Waals surface area contributed by atoms with E-state index in [2.05, 4.69) is 15.5 Å². The van der Waals surface area contributed by atoms with E-state index in [-0.39, 0.29) is 10.7 Å². The SMILES string of the molecule is CCn1cc(Cl)c(C(=O)Nc2ccc(OCCN)c(-c3c(Cl)cnn3C)c2)n1.O=C(O)C(F)(F)F. The fourth-order valence-electron chi connectivity index (χ4n) is 2.70. The first kappa shape index (κ1) is 28.0. The van der Waals surface area contributed by atoms with Crippen LogP contribution >= 0.6 is 23.2 Å². The number of halogens is 5. The molecule has 0 aliphatic rings. The quantitative estimate of drug-likeness (QED) is 0.417.